The number of fused-ring (bicyclic) bond motifs is 1. The van der Waals surface area contributed by atoms with Crippen molar-refractivity contribution in [1.82, 2.24) is 15.6 Å². The summed E-state index contributed by atoms with van der Waals surface area (Å²) in [5.41, 5.74) is 2.89. The van der Waals surface area contributed by atoms with Gasteiger partial charge in [0, 0.05) is 36.5 Å². The second-order valence-electron chi connectivity index (χ2n) is 8.26. The average Bonchev–Trinajstić information content (AvgIpc) is 3.10. The predicted molar refractivity (Wildman–Crippen MR) is 121 cm³/mol. The van der Waals surface area contributed by atoms with Gasteiger partial charge in [-0.2, -0.15) is 0 Å². The van der Waals surface area contributed by atoms with Crippen molar-refractivity contribution in [2.24, 2.45) is 0 Å². The summed E-state index contributed by atoms with van der Waals surface area (Å²) in [6, 6.07) is 4.55. The minimum Gasteiger partial charge on any atom is -0.364 e. The molecule has 0 spiro atoms. The second-order valence-corrected chi connectivity index (χ2v) is 8.26. The molecule has 0 saturated carbocycles. The van der Waals surface area contributed by atoms with Crippen LogP contribution in [0.5, 0.6) is 0 Å². The molecule has 1 aliphatic carbocycles. The van der Waals surface area contributed by atoms with E-state index >= 15 is 0 Å². The number of hydrogen-bond donors (Lipinski definition) is 3. The number of aryl methyl sites for hydroxylation is 1. The minimum absolute atomic E-state index is 0.134. The second kappa shape index (κ2) is 9.33. The van der Waals surface area contributed by atoms with E-state index < -0.39 is 11.4 Å². The van der Waals surface area contributed by atoms with Gasteiger partial charge in [0.2, 0.25) is 11.8 Å². The van der Waals surface area contributed by atoms with Gasteiger partial charge in [-0.1, -0.05) is 17.6 Å². The first-order chi connectivity index (χ1) is 14.7. The monoisotopic (exact) mass is 425 g/mol. The fourth-order valence-electron chi connectivity index (χ4n) is 3.47. The Morgan fingerprint density at radius 2 is 2.03 bits per heavy atom. The Bertz CT molecular complexity index is 1060. The van der Waals surface area contributed by atoms with Crippen molar-refractivity contribution in [1.29, 1.82) is 0 Å². The Labute approximate surface area is 181 Å². The van der Waals surface area contributed by atoms with Crippen molar-refractivity contribution >= 4 is 37.3 Å². The first-order valence-electron chi connectivity index (χ1n) is 10.3. The number of aromatic nitrogens is 1. The van der Waals surface area contributed by atoms with Crippen LogP contribution in [0.1, 0.15) is 42.7 Å². The van der Waals surface area contributed by atoms with E-state index in [0.717, 1.165) is 16.8 Å². The van der Waals surface area contributed by atoms with Crippen molar-refractivity contribution in [3.8, 4) is 0 Å². The van der Waals surface area contributed by atoms with Gasteiger partial charge in [-0.15, -0.1) is 0 Å². The summed E-state index contributed by atoms with van der Waals surface area (Å²) in [6.07, 6.45) is 7.88. The maximum Gasteiger partial charge on any atom is 0.245 e. The van der Waals surface area contributed by atoms with E-state index in [1.54, 1.807) is 46.0 Å². The highest BCUT2D eigenvalue weighted by Crippen LogP contribution is 2.27. The maximum absolute atomic E-state index is 13.6. The highest BCUT2D eigenvalue weighted by Gasteiger charge is 2.28. The van der Waals surface area contributed by atoms with Crippen molar-refractivity contribution in [3.63, 3.8) is 0 Å². The number of carbonyl (C=O) groups excluding carboxylic acids is 2. The van der Waals surface area contributed by atoms with Crippen molar-refractivity contribution in [2.75, 3.05) is 6.54 Å². The van der Waals surface area contributed by atoms with Gasteiger partial charge in [0.25, 0.3) is 0 Å². The zero-order chi connectivity index (χ0) is 22.6. The number of amides is 2. The molecule has 31 heavy (non-hydrogen) atoms. The Kier molecular flexibility index (Phi) is 6.78. The van der Waals surface area contributed by atoms with E-state index in [0.29, 0.717) is 36.8 Å². The SMILES string of the molecule is Bc1cc(/C=C/C(=O)NC(C)(C)C(=O)NCCc2c[nH]c3c2C=C(F)CC3)ccc1F. The summed E-state index contributed by atoms with van der Waals surface area (Å²) in [5.74, 6) is -1.19. The third-order valence-electron chi connectivity index (χ3n) is 5.30. The molecule has 1 aromatic heterocycles. The summed E-state index contributed by atoms with van der Waals surface area (Å²) in [7, 11) is 1.65. The molecule has 0 saturated heterocycles. The highest BCUT2D eigenvalue weighted by atomic mass is 19.1. The van der Waals surface area contributed by atoms with Crippen LogP contribution in [-0.2, 0) is 22.4 Å². The normalized spacial score (nSPS) is 13.6. The lowest BCUT2D eigenvalue weighted by Gasteiger charge is -2.24. The van der Waals surface area contributed by atoms with E-state index in [2.05, 4.69) is 15.6 Å². The number of carbonyl (C=O) groups is 2. The van der Waals surface area contributed by atoms with Crippen LogP contribution in [0.25, 0.3) is 12.2 Å². The molecular weight excluding hydrogens is 399 g/mol. The average molecular weight is 425 g/mol. The molecule has 1 aliphatic rings. The van der Waals surface area contributed by atoms with Crippen LogP contribution in [0.2, 0.25) is 0 Å². The topological polar surface area (TPSA) is 74.0 Å². The molecule has 8 heteroatoms. The van der Waals surface area contributed by atoms with Crippen molar-refractivity contribution in [2.45, 2.75) is 38.6 Å². The molecule has 5 nitrogen and oxygen atoms in total. The first kappa shape index (κ1) is 22.5. The minimum atomic E-state index is -1.12. The maximum atomic E-state index is 13.6. The summed E-state index contributed by atoms with van der Waals surface area (Å²) in [4.78, 5) is 28.0. The molecule has 0 radical (unpaired) electrons. The number of rotatable bonds is 7. The van der Waals surface area contributed by atoms with Gasteiger partial charge >= 0.3 is 0 Å². The molecule has 1 aromatic carbocycles. The summed E-state index contributed by atoms with van der Waals surface area (Å²) >= 11 is 0. The van der Waals surface area contributed by atoms with Gasteiger partial charge in [-0.05, 0) is 56.0 Å². The van der Waals surface area contributed by atoms with Crippen LogP contribution in [0.3, 0.4) is 0 Å². The zero-order valence-electron chi connectivity index (χ0n) is 17.9. The van der Waals surface area contributed by atoms with Gasteiger partial charge < -0.3 is 15.6 Å². The lowest BCUT2D eigenvalue weighted by atomic mass is 9.93. The van der Waals surface area contributed by atoms with Gasteiger partial charge in [0.05, 0.1) is 0 Å². The molecule has 0 bridgehead atoms. The first-order valence-corrected chi connectivity index (χ1v) is 10.3. The number of H-pyrrole nitrogens is 1. The lowest BCUT2D eigenvalue weighted by molar-refractivity contribution is -0.130. The van der Waals surface area contributed by atoms with E-state index in [4.69, 9.17) is 0 Å². The lowest BCUT2D eigenvalue weighted by Crippen LogP contribution is -2.54. The fourth-order valence-corrected chi connectivity index (χ4v) is 3.47. The molecule has 0 aliphatic heterocycles. The van der Waals surface area contributed by atoms with Gasteiger partial charge in [-0.25, -0.2) is 8.78 Å². The van der Waals surface area contributed by atoms with Gasteiger partial charge in [0.15, 0.2) is 0 Å². The predicted octanol–water partition coefficient (Wildman–Crippen LogP) is 1.94. The van der Waals surface area contributed by atoms with Crippen LogP contribution in [-0.4, -0.2) is 36.7 Å². The van der Waals surface area contributed by atoms with E-state index in [9.17, 15) is 18.4 Å². The zero-order valence-corrected chi connectivity index (χ0v) is 17.9. The molecule has 2 amide bonds. The fraction of sp³-hybridized carbons (Fsp3) is 0.304. The Hall–Kier alpha value is -3.16. The standard InChI is InChI=1S/C23H26BF2N3O2/c1-23(2,29-21(30)8-4-14-3-6-19(26)18(24)11-14)22(31)27-10-9-15-13-28-20-7-5-16(25)12-17(15)20/h3-4,6,8,11-13,28H,5,7,9-10,24H2,1-2H3,(H,27,31)(H,29,30)/b8-4+. The molecule has 3 N–H and O–H groups in total. The molecule has 0 fully saturated rings. The number of nitrogens with one attached hydrogen (secondary N) is 3. The number of aromatic amines is 1. The Balaban J connectivity index is 1.51. The highest BCUT2D eigenvalue weighted by molar-refractivity contribution is 6.32. The molecule has 0 atom stereocenters. The van der Waals surface area contributed by atoms with Crippen LogP contribution in [0.15, 0.2) is 36.3 Å². The molecule has 3 rings (SSSR count). The number of halogens is 2. The van der Waals surface area contributed by atoms with Crippen LogP contribution in [0, 0.1) is 5.82 Å². The molecule has 2 aromatic rings. The van der Waals surface area contributed by atoms with Crippen molar-refractivity contribution in [3.05, 3.63) is 64.5 Å². The van der Waals surface area contributed by atoms with Crippen LogP contribution < -0.4 is 16.1 Å². The molecule has 162 valence electrons. The van der Waals surface area contributed by atoms with Crippen LogP contribution >= 0.6 is 0 Å². The van der Waals surface area contributed by atoms with Crippen LogP contribution in [0.4, 0.5) is 8.78 Å². The van der Waals surface area contributed by atoms with E-state index in [-0.39, 0.29) is 17.6 Å². The molecule has 0 unspecified atom stereocenters. The van der Waals surface area contributed by atoms with Gasteiger partial charge in [-0.3, -0.25) is 9.59 Å². The third-order valence-corrected chi connectivity index (χ3v) is 5.30. The number of allylic oxidation sites excluding steroid dienone is 1. The quantitative estimate of drug-likeness (QED) is 0.469. The Morgan fingerprint density at radius 3 is 2.77 bits per heavy atom. The summed E-state index contributed by atoms with van der Waals surface area (Å²) < 4.78 is 26.9. The van der Waals surface area contributed by atoms with E-state index in [1.165, 1.54) is 12.1 Å². The number of hydrogen-bond acceptors (Lipinski definition) is 2. The molecule has 1 heterocycles. The molecular formula is C23H26BF2N3O2. The van der Waals surface area contributed by atoms with Crippen molar-refractivity contribution < 1.29 is 18.4 Å². The largest absolute Gasteiger partial charge is 0.364 e. The third kappa shape index (κ3) is 5.72. The number of benzene rings is 1. The van der Waals surface area contributed by atoms with E-state index in [1.807, 2.05) is 6.20 Å². The summed E-state index contributed by atoms with van der Waals surface area (Å²) in [6.45, 7) is 3.60. The van der Waals surface area contributed by atoms with Gasteiger partial charge in [0.1, 0.15) is 25.0 Å². The summed E-state index contributed by atoms with van der Waals surface area (Å²) in [5, 5.41) is 5.50. The smallest absolute Gasteiger partial charge is 0.245 e. The Morgan fingerprint density at radius 1 is 1.26 bits per heavy atom.